The maximum absolute atomic E-state index is 13.0. The summed E-state index contributed by atoms with van der Waals surface area (Å²) in [5.41, 5.74) is 1.29. The van der Waals surface area contributed by atoms with Crippen LogP contribution in [0.15, 0.2) is 46.5 Å². The Hall–Kier alpha value is -2.56. The Bertz CT molecular complexity index is 1140. The highest BCUT2D eigenvalue weighted by atomic mass is 32.2. The summed E-state index contributed by atoms with van der Waals surface area (Å²) in [5, 5.41) is 5.21. The monoisotopic (exact) mass is 430 g/mol. The summed E-state index contributed by atoms with van der Waals surface area (Å²) >= 11 is 1.88. The van der Waals surface area contributed by atoms with Crippen molar-refractivity contribution in [3.63, 3.8) is 0 Å². The molecule has 2 aliphatic rings. The van der Waals surface area contributed by atoms with E-state index >= 15 is 0 Å². The van der Waals surface area contributed by atoms with Crippen LogP contribution in [0.1, 0.15) is 27.1 Å². The molecule has 0 atom stereocenters. The lowest BCUT2D eigenvalue weighted by Crippen LogP contribution is -2.32. The summed E-state index contributed by atoms with van der Waals surface area (Å²) in [6.07, 6.45) is 2.95. The topological polar surface area (TPSA) is 123 Å². The van der Waals surface area contributed by atoms with E-state index in [2.05, 4.69) is 14.9 Å². The fraction of sp³-hybridized carbons (Fsp3) is 0.263. The zero-order valence-electron chi connectivity index (χ0n) is 15.4. The van der Waals surface area contributed by atoms with Crippen LogP contribution in [0.2, 0.25) is 0 Å². The molecule has 0 radical (unpaired) electrons. The third-order valence-corrected chi connectivity index (χ3v) is 6.73. The Balaban J connectivity index is 1.77. The number of hydrogen-bond donors (Lipinski definition) is 1. The standard InChI is InChI=1S/C19H18N4O4S2/c20-29(26,27)17-3-1-2-12-18(17)16(24)10-13(19(12)25)22-14-11-21-5-4-15(14)23-6-8-28-9-7-23/h1-5,11H,6-10H2,(H2,20,26,27). The van der Waals surface area contributed by atoms with Gasteiger partial charge in [-0.15, -0.1) is 0 Å². The highest BCUT2D eigenvalue weighted by Crippen LogP contribution is 2.32. The van der Waals surface area contributed by atoms with Gasteiger partial charge in [0.15, 0.2) is 5.78 Å². The summed E-state index contributed by atoms with van der Waals surface area (Å²) < 4.78 is 23.6. The predicted octanol–water partition coefficient (Wildman–Crippen LogP) is 1.82. The summed E-state index contributed by atoms with van der Waals surface area (Å²) in [5.74, 6) is 1.02. The lowest BCUT2D eigenvalue weighted by Gasteiger charge is -2.29. The molecule has 0 saturated carbocycles. The second kappa shape index (κ2) is 7.69. The van der Waals surface area contributed by atoms with E-state index < -0.39 is 21.6 Å². The molecule has 8 nitrogen and oxygen atoms in total. The molecule has 4 rings (SSSR count). The number of carbonyl (C=O) groups is 2. The van der Waals surface area contributed by atoms with Crippen LogP contribution in [-0.4, -0.2) is 55.3 Å². The number of pyridine rings is 1. The maximum Gasteiger partial charge on any atom is 0.238 e. The molecular formula is C19H18N4O4S2. The number of sulfonamides is 1. The van der Waals surface area contributed by atoms with E-state index in [1.165, 1.54) is 18.2 Å². The van der Waals surface area contributed by atoms with Gasteiger partial charge in [0, 0.05) is 41.9 Å². The van der Waals surface area contributed by atoms with Crippen molar-refractivity contribution in [2.24, 2.45) is 10.1 Å². The number of benzene rings is 1. The lowest BCUT2D eigenvalue weighted by molar-refractivity contribution is 0.0962. The number of anilines is 1. The van der Waals surface area contributed by atoms with Gasteiger partial charge in [-0.3, -0.25) is 14.6 Å². The van der Waals surface area contributed by atoms with E-state index in [0.717, 1.165) is 30.3 Å². The van der Waals surface area contributed by atoms with E-state index in [9.17, 15) is 18.0 Å². The minimum atomic E-state index is -4.13. The number of aliphatic imine (C=N–C) groups is 1. The van der Waals surface area contributed by atoms with E-state index in [0.29, 0.717) is 5.69 Å². The van der Waals surface area contributed by atoms with Gasteiger partial charge in [0.2, 0.25) is 15.8 Å². The molecule has 0 amide bonds. The summed E-state index contributed by atoms with van der Waals surface area (Å²) in [7, 11) is -4.13. The van der Waals surface area contributed by atoms with E-state index in [-0.39, 0.29) is 28.2 Å². The van der Waals surface area contributed by atoms with Crippen molar-refractivity contribution in [3.05, 3.63) is 47.8 Å². The third-order valence-electron chi connectivity index (χ3n) is 4.83. The average Bonchev–Trinajstić information content (AvgIpc) is 2.72. The van der Waals surface area contributed by atoms with Gasteiger partial charge >= 0.3 is 0 Å². The average molecular weight is 431 g/mol. The molecule has 0 bridgehead atoms. The van der Waals surface area contributed by atoms with Crippen molar-refractivity contribution >= 4 is 50.4 Å². The Labute approximate surface area is 172 Å². The van der Waals surface area contributed by atoms with Crippen LogP contribution >= 0.6 is 11.8 Å². The van der Waals surface area contributed by atoms with Crippen molar-refractivity contribution < 1.29 is 18.0 Å². The minimum Gasteiger partial charge on any atom is -0.368 e. The summed E-state index contributed by atoms with van der Waals surface area (Å²) in [6, 6.07) is 5.89. The van der Waals surface area contributed by atoms with Gasteiger partial charge < -0.3 is 4.90 Å². The first-order valence-electron chi connectivity index (χ1n) is 8.94. The van der Waals surface area contributed by atoms with Crippen LogP contribution in [0.25, 0.3) is 0 Å². The Kier molecular flexibility index (Phi) is 5.24. The molecule has 2 aromatic rings. The Morgan fingerprint density at radius 1 is 1.14 bits per heavy atom. The molecule has 1 saturated heterocycles. The van der Waals surface area contributed by atoms with Gasteiger partial charge in [0.05, 0.1) is 28.9 Å². The molecular weight excluding hydrogens is 412 g/mol. The van der Waals surface area contributed by atoms with Crippen LogP contribution in [0.3, 0.4) is 0 Å². The highest BCUT2D eigenvalue weighted by molar-refractivity contribution is 7.99. The number of rotatable bonds is 3. The number of Topliss-reactive ketones (excluding diaryl/α,β-unsaturated/α-hetero) is 2. The minimum absolute atomic E-state index is 0.00587. The van der Waals surface area contributed by atoms with E-state index in [1.54, 1.807) is 12.4 Å². The van der Waals surface area contributed by atoms with Crippen molar-refractivity contribution in [1.29, 1.82) is 0 Å². The number of primary sulfonamides is 1. The van der Waals surface area contributed by atoms with Gasteiger partial charge in [0.25, 0.3) is 0 Å². The summed E-state index contributed by atoms with van der Waals surface area (Å²) in [6.45, 7) is 1.72. The summed E-state index contributed by atoms with van der Waals surface area (Å²) in [4.78, 5) is 36.1. The van der Waals surface area contributed by atoms with Gasteiger partial charge in [-0.05, 0) is 12.1 Å². The Morgan fingerprint density at radius 2 is 1.90 bits per heavy atom. The number of ketones is 2. The third kappa shape index (κ3) is 3.83. The van der Waals surface area contributed by atoms with Crippen LogP contribution in [0, 0.1) is 0 Å². The molecule has 1 aliphatic carbocycles. The number of nitrogens with two attached hydrogens (primary N) is 1. The molecule has 150 valence electrons. The number of thioether (sulfide) groups is 1. The molecule has 0 spiro atoms. The normalized spacial score (nSPS) is 18.8. The number of nitrogens with zero attached hydrogens (tertiary/aromatic N) is 3. The quantitative estimate of drug-likeness (QED) is 0.788. The fourth-order valence-corrected chi connectivity index (χ4v) is 5.17. The highest BCUT2D eigenvalue weighted by Gasteiger charge is 2.34. The molecule has 1 aromatic heterocycles. The first-order chi connectivity index (χ1) is 13.9. The van der Waals surface area contributed by atoms with Crippen LogP contribution < -0.4 is 10.0 Å². The molecule has 1 aromatic carbocycles. The molecule has 1 fully saturated rings. The molecule has 0 unspecified atom stereocenters. The van der Waals surface area contributed by atoms with Gasteiger partial charge in [-0.2, -0.15) is 11.8 Å². The molecule has 2 heterocycles. The van der Waals surface area contributed by atoms with E-state index in [1.807, 2.05) is 17.8 Å². The number of aromatic nitrogens is 1. The van der Waals surface area contributed by atoms with Crippen LogP contribution in [0.4, 0.5) is 11.4 Å². The molecule has 1 aliphatic heterocycles. The van der Waals surface area contributed by atoms with Crippen molar-refractivity contribution in [2.45, 2.75) is 11.3 Å². The van der Waals surface area contributed by atoms with Crippen molar-refractivity contribution in [3.8, 4) is 0 Å². The molecule has 10 heteroatoms. The lowest BCUT2D eigenvalue weighted by atomic mass is 9.88. The predicted molar refractivity (Wildman–Crippen MR) is 112 cm³/mol. The largest absolute Gasteiger partial charge is 0.368 e. The number of fused-ring (bicyclic) bond motifs is 1. The second-order valence-electron chi connectivity index (χ2n) is 6.68. The van der Waals surface area contributed by atoms with Crippen molar-refractivity contribution in [2.75, 3.05) is 29.5 Å². The Morgan fingerprint density at radius 3 is 2.62 bits per heavy atom. The molecule has 29 heavy (non-hydrogen) atoms. The second-order valence-corrected chi connectivity index (χ2v) is 9.43. The number of carbonyl (C=O) groups excluding carboxylic acids is 2. The van der Waals surface area contributed by atoms with Crippen molar-refractivity contribution in [1.82, 2.24) is 4.98 Å². The zero-order chi connectivity index (χ0) is 20.6. The zero-order valence-corrected chi connectivity index (χ0v) is 17.0. The van der Waals surface area contributed by atoms with Crippen LogP contribution in [0.5, 0.6) is 0 Å². The van der Waals surface area contributed by atoms with Gasteiger partial charge in [-0.25, -0.2) is 18.5 Å². The van der Waals surface area contributed by atoms with E-state index in [4.69, 9.17) is 5.14 Å². The van der Waals surface area contributed by atoms with Gasteiger partial charge in [-0.1, -0.05) is 12.1 Å². The SMILES string of the molecule is NS(=O)(=O)c1cccc2c1C(=O)CC(=Nc1cnccc1N1CCSCC1)C2=O. The first kappa shape index (κ1) is 19.7. The first-order valence-corrected chi connectivity index (χ1v) is 11.6. The van der Waals surface area contributed by atoms with Gasteiger partial charge in [0.1, 0.15) is 5.69 Å². The van der Waals surface area contributed by atoms with Crippen LogP contribution in [-0.2, 0) is 10.0 Å². The smallest absolute Gasteiger partial charge is 0.238 e. The number of hydrogen-bond acceptors (Lipinski definition) is 8. The maximum atomic E-state index is 13.0. The fourth-order valence-electron chi connectivity index (χ4n) is 3.49. The molecule has 2 N–H and O–H groups in total.